The van der Waals surface area contributed by atoms with Gasteiger partial charge in [0.15, 0.2) is 0 Å². The summed E-state index contributed by atoms with van der Waals surface area (Å²) in [4.78, 5) is 21.7. The van der Waals surface area contributed by atoms with Gasteiger partial charge in [-0.3, -0.25) is 4.79 Å². The normalized spacial score (nSPS) is 15.8. The van der Waals surface area contributed by atoms with Gasteiger partial charge in [0.25, 0.3) is 0 Å². The molecule has 0 amide bonds. The van der Waals surface area contributed by atoms with Crippen molar-refractivity contribution >= 4 is 11.9 Å². The maximum atomic E-state index is 11.2. The number of ether oxygens (including phenoxy) is 1. The Morgan fingerprint density at radius 1 is 1.29 bits per heavy atom. The van der Waals surface area contributed by atoms with Crippen molar-refractivity contribution in [3.05, 3.63) is 0 Å². The molecule has 14 heavy (non-hydrogen) atoms. The SMILES string of the molecule is CC(C)(C)OC(=O)C[C@](C)(N)C(=O)[O-]. The third kappa shape index (κ3) is 4.81. The number of aliphatic carboxylic acids is 1. The zero-order valence-corrected chi connectivity index (χ0v) is 8.92. The molecule has 82 valence electrons. The maximum absolute atomic E-state index is 11.2. The summed E-state index contributed by atoms with van der Waals surface area (Å²) in [6.07, 6.45) is -0.396. The average Bonchev–Trinajstić information content (AvgIpc) is 1.79. The van der Waals surface area contributed by atoms with E-state index in [9.17, 15) is 14.7 Å². The van der Waals surface area contributed by atoms with Crippen LogP contribution in [0.5, 0.6) is 0 Å². The number of carbonyl (C=O) groups excluding carboxylic acids is 2. The van der Waals surface area contributed by atoms with Crippen LogP contribution in [0.1, 0.15) is 34.1 Å². The van der Waals surface area contributed by atoms with Crippen molar-refractivity contribution in [3.8, 4) is 0 Å². The van der Waals surface area contributed by atoms with Crippen LogP contribution in [0.15, 0.2) is 0 Å². The molecule has 0 spiro atoms. The minimum Gasteiger partial charge on any atom is -0.548 e. The molecule has 0 aliphatic carbocycles. The second kappa shape index (κ2) is 3.96. The Kier molecular flexibility index (Phi) is 3.65. The lowest BCUT2D eigenvalue weighted by Gasteiger charge is -2.27. The molecule has 0 fully saturated rings. The Labute approximate surface area is 83.2 Å². The summed E-state index contributed by atoms with van der Waals surface area (Å²) in [6, 6.07) is 0. The molecule has 0 aliphatic heterocycles. The molecule has 0 aliphatic rings. The highest BCUT2D eigenvalue weighted by Gasteiger charge is 2.27. The van der Waals surface area contributed by atoms with Crippen molar-refractivity contribution in [2.75, 3.05) is 0 Å². The number of carboxylic acids is 1. The van der Waals surface area contributed by atoms with Crippen LogP contribution in [0.3, 0.4) is 0 Å². The number of carbonyl (C=O) groups is 2. The Balaban J connectivity index is 4.27. The van der Waals surface area contributed by atoms with Crippen LogP contribution in [-0.4, -0.2) is 23.1 Å². The summed E-state index contributed by atoms with van der Waals surface area (Å²) < 4.78 is 4.91. The fraction of sp³-hybridized carbons (Fsp3) is 0.778. The predicted octanol–water partition coefficient (Wildman–Crippen LogP) is -0.814. The topological polar surface area (TPSA) is 92.5 Å². The van der Waals surface area contributed by atoms with Gasteiger partial charge in [0.05, 0.1) is 17.9 Å². The Morgan fingerprint density at radius 3 is 2.00 bits per heavy atom. The van der Waals surface area contributed by atoms with Crippen LogP contribution in [-0.2, 0) is 14.3 Å². The summed E-state index contributed by atoms with van der Waals surface area (Å²) >= 11 is 0. The maximum Gasteiger partial charge on any atom is 0.308 e. The molecule has 0 aromatic carbocycles. The van der Waals surface area contributed by atoms with Crippen molar-refractivity contribution in [1.29, 1.82) is 0 Å². The molecule has 0 rings (SSSR count). The van der Waals surface area contributed by atoms with Gasteiger partial charge in [-0.05, 0) is 27.7 Å². The molecular formula is C9H16NO4-. The quantitative estimate of drug-likeness (QED) is 0.604. The van der Waals surface area contributed by atoms with Crippen LogP contribution < -0.4 is 10.8 Å². The lowest BCUT2D eigenvalue weighted by molar-refractivity contribution is -0.312. The van der Waals surface area contributed by atoms with Gasteiger partial charge in [0.2, 0.25) is 0 Å². The molecule has 0 saturated heterocycles. The van der Waals surface area contributed by atoms with Gasteiger partial charge in [-0.25, -0.2) is 0 Å². The van der Waals surface area contributed by atoms with Gasteiger partial charge in [0.1, 0.15) is 5.60 Å². The highest BCUT2D eigenvalue weighted by atomic mass is 16.6. The van der Waals surface area contributed by atoms with Gasteiger partial charge < -0.3 is 20.4 Å². The summed E-state index contributed by atoms with van der Waals surface area (Å²) in [5.41, 5.74) is 3.00. The highest BCUT2D eigenvalue weighted by molar-refractivity contribution is 5.83. The molecule has 1 atom stereocenters. The lowest BCUT2D eigenvalue weighted by Crippen LogP contribution is -2.54. The number of rotatable bonds is 3. The van der Waals surface area contributed by atoms with E-state index in [1.54, 1.807) is 20.8 Å². The van der Waals surface area contributed by atoms with Crippen LogP contribution in [0.2, 0.25) is 0 Å². The van der Waals surface area contributed by atoms with E-state index in [2.05, 4.69) is 0 Å². The van der Waals surface area contributed by atoms with Crippen LogP contribution >= 0.6 is 0 Å². The van der Waals surface area contributed by atoms with Crippen LogP contribution in [0.25, 0.3) is 0 Å². The first-order valence-electron chi connectivity index (χ1n) is 4.27. The molecule has 0 bridgehead atoms. The zero-order chi connectivity index (χ0) is 11.6. The highest BCUT2D eigenvalue weighted by Crippen LogP contribution is 2.12. The first kappa shape index (κ1) is 12.9. The number of hydrogen-bond acceptors (Lipinski definition) is 5. The molecule has 0 aromatic rings. The summed E-state index contributed by atoms with van der Waals surface area (Å²) in [5, 5.41) is 10.5. The molecule has 0 heterocycles. The van der Waals surface area contributed by atoms with Gasteiger partial charge in [-0.1, -0.05) is 0 Å². The molecule has 2 N–H and O–H groups in total. The summed E-state index contributed by atoms with van der Waals surface area (Å²) in [5.74, 6) is -2.12. The van der Waals surface area contributed by atoms with Gasteiger partial charge in [0, 0.05) is 0 Å². The number of esters is 1. The molecule has 5 heteroatoms. The van der Waals surface area contributed by atoms with Crippen LogP contribution in [0, 0.1) is 0 Å². The van der Waals surface area contributed by atoms with Crippen molar-refractivity contribution in [3.63, 3.8) is 0 Å². The zero-order valence-electron chi connectivity index (χ0n) is 8.92. The van der Waals surface area contributed by atoms with Crippen molar-refractivity contribution in [1.82, 2.24) is 0 Å². The van der Waals surface area contributed by atoms with Crippen molar-refractivity contribution in [2.24, 2.45) is 5.73 Å². The van der Waals surface area contributed by atoms with E-state index in [1.807, 2.05) is 0 Å². The van der Waals surface area contributed by atoms with Gasteiger partial charge >= 0.3 is 5.97 Å². The Bertz CT molecular complexity index is 240. The van der Waals surface area contributed by atoms with E-state index < -0.39 is 29.5 Å². The van der Waals surface area contributed by atoms with E-state index in [4.69, 9.17) is 10.5 Å². The largest absolute Gasteiger partial charge is 0.548 e. The minimum atomic E-state index is -1.68. The van der Waals surface area contributed by atoms with Crippen molar-refractivity contribution in [2.45, 2.75) is 45.3 Å². The smallest absolute Gasteiger partial charge is 0.308 e. The first-order valence-corrected chi connectivity index (χ1v) is 4.27. The lowest BCUT2D eigenvalue weighted by atomic mass is 10.00. The molecular weight excluding hydrogens is 186 g/mol. The van der Waals surface area contributed by atoms with Gasteiger partial charge in [-0.15, -0.1) is 0 Å². The molecule has 0 radical (unpaired) electrons. The minimum absolute atomic E-state index is 0.396. The number of hydrogen-bond donors (Lipinski definition) is 1. The second-order valence-corrected chi connectivity index (χ2v) is 4.47. The van der Waals surface area contributed by atoms with Gasteiger partial charge in [-0.2, -0.15) is 0 Å². The second-order valence-electron chi connectivity index (χ2n) is 4.47. The Hall–Kier alpha value is -1.10. The van der Waals surface area contributed by atoms with E-state index in [-0.39, 0.29) is 0 Å². The molecule has 0 unspecified atom stereocenters. The molecule has 0 aromatic heterocycles. The van der Waals surface area contributed by atoms with E-state index >= 15 is 0 Å². The summed E-state index contributed by atoms with van der Waals surface area (Å²) in [6.45, 7) is 6.29. The Morgan fingerprint density at radius 2 is 1.71 bits per heavy atom. The fourth-order valence-electron chi connectivity index (χ4n) is 0.750. The third-order valence-electron chi connectivity index (χ3n) is 1.40. The van der Waals surface area contributed by atoms with E-state index in [0.717, 1.165) is 0 Å². The molecule has 5 nitrogen and oxygen atoms in total. The predicted molar refractivity (Wildman–Crippen MR) is 48.1 cm³/mol. The molecule has 0 saturated carbocycles. The monoisotopic (exact) mass is 202 g/mol. The number of nitrogens with two attached hydrogens (primary N) is 1. The fourth-order valence-corrected chi connectivity index (χ4v) is 0.750. The van der Waals surface area contributed by atoms with Crippen LogP contribution in [0.4, 0.5) is 0 Å². The number of carboxylic acid groups (broad SMARTS) is 1. The summed E-state index contributed by atoms with van der Waals surface area (Å²) in [7, 11) is 0. The average molecular weight is 202 g/mol. The van der Waals surface area contributed by atoms with E-state index in [1.165, 1.54) is 6.92 Å². The van der Waals surface area contributed by atoms with Crippen molar-refractivity contribution < 1.29 is 19.4 Å². The first-order chi connectivity index (χ1) is 6.04. The third-order valence-corrected chi connectivity index (χ3v) is 1.40. The van der Waals surface area contributed by atoms with E-state index in [0.29, 0.717) is 0 Å². The standard InChI is InChI=1S/C9H17NO4/c1-8(2,3)14-6(11)5-9(4,10)7(12)13/h5,10H2,1-4H3,(H,12,13)/p-1/t9-/m0/s1.